The van der Waals surface area contributed by atoms with Crippen molar-refractivity contribution in [1.82, 2.24) is 9.13 Å². The van der Waals surface area contributed by atoms with Gasteiger partial charge < -0.3 is 18.6 Å². The number of para-hydroxylation sites is 6. The van der Waals surface area contributed by atoms with E-state index < -0.39 is 5.41 Å². The molecule has 0 atom stereocenters. The monoisotopic (exact) mass is 1150 g/mol. The number of ether oxygens (including phenoxy) is 2. The summed E-state index contributed by atoms with van der Waals surface area (Å²) in [6, 6.07) is 117. The number of hydrogen-bond donors (Lipinski definition) is 0. The Bertz CT molecular complexity index is 5380. The molecule has 0 bridgehead atoms. The van der Waals surface area contributed by atoms with Gasteiger partial charge in [0.25, 0.3) is 13.4 Å². The average Bonchev–Trinajstić information content (AvgIpc) is 1.50. The molecule has 0 saturated carbocycles. The van der Waals surface area contributed by atoms with Crippen LogP contribution in [0.3, 0.4) is 0 Å². The second kappa shape index (κ2) is 19.2. The van der Waals surface area contributed by atoms with Crippen LogP contribution in [0.2, 0.25) is 0 Å². The molecule has 2 aliphatic heterocycles. The van der Waals surface area contributed by atoms with Gasteiger partial charge in [0.1, 0.15) is 23.0 Å². The maximum Gasteiger partial charge on any atom is 0.250 e. The highest BCUT2D eigenvalue weighted by Gasteiger charge is 2.55. The Kier molecular flexibility index (Phi) is 10.6. The predicted octanol–water partition coefficient (Wildman–Crippen LogP) is 16.8. The quantitative estimate of drug-likeness (QED) is 0.155. The Morgan fingerprint density at radius 1 is 0.264 bits per heavy atom. The van der Waals surface area contributed by atoms with Crippen LogP contribution in [0.4, 0.5) is 0 Å². The van der Waals surface area contributed by atoms with Crippen LogP contribution < -0.4 is 42.3 Å². The summed E-state index contributed by atoms with van der Waals surface area (Å²) in [5.74, 6) is 3.57. The van der Waals surface area contributed by atoms with Crippen molar-refractivity contribution >= 4 is 89.8 Å². The molecule has 16 aromatic rings. The van der Waals surface area contributed by atoms with E-state index in [2.05, 4.69) is 325 Å². The fourth-order valence-corrected chi connectivity index (χ4v) is 16.6. The highest BCUT2D eigenvalue weighted by atomic mass is 16.5. The van der Waals surface area contributed by atoms with Crippen molar-refractivity contribution in [1.29, 1.82) is 0 Å². The lowest BCUT2D eigenvalue weighted by Crippen LogP contribution is -2.55. The molecule has 4 aliphatic rings. The van der Waals surface area contributed by atoms with Crippen LogP contribution in [0.5, 0.6) is 23.0 Å². The van der Waals surface area contributed by atoms with Crippen molar-refractivity contribution in [3.63, 3.8) is 0 Å². The third-order valence-corrected chi connectivity index (χ3v) is 20.4. The van der Waals surface area contributed by atoms with E-state index in [0.29, 0.717) is 0 Å². The lowest BCUT2D eigenvalue weighted by Gasteiger charge is -2.33. The largest absolute Gasteiger partial charge is 0.458 e. The van der Waals surface area contributed by atoms with Crippen LogP contribution in [0.15, 0.2) is 315 Å². The molecule has 0 radical (unpaired) electrons. The Hall–Kier alpha value is -11.6. The van der Waals surface area contributed by atoms with Gasteiger partial charge in [-0.05, 0) is 162 Å². The summed E-state index contributed by atoms with van der Waals surface area (Å²) in [6.45, 7) is -0.113. The van der Waals surface area contributed by atoms with Gasteiger partial charge in [0.05, 0.1) is 27.5 Å². The van der Waals surface area contributed by atoms with Gasteiger partial charge in [-0.3, -0.25) is 0 Å². The molecule has 20 rings (SSSR count). The van der Waals surface area contributed by atoms with E-state index >= 15 is 0 Å². The molecule has 2 aliphatic carbocycles. The Balaban J connectivity index is 0.863. The lowest BCUT2D eigenvalue weighted by molar-refractivity contribution is 0.488. The van der Waals surface area contributed by atoms with E-state index in [1.807, 2.05) is 0 Å². The Morgan fingerprint density at radius 2 is 0.615 bits per heavy atom. The van der Waals surface area contributed by atoms with Gasteiger partial charge in [0.2, 0.25) is 0 Å². The summed E-state index contributed by atoms with van der Waals surface area (Å²) in [6.07, 6.45) is 0. The zero-order valence-electron chi connectivity index (χ0n) is 49.4. The highest BCUT2D eigenvalue weighted by Crippen LogP contribution is 2.66. The van der Waals surface area contributed by atoms with E-state index in [9.17, 15) is 0 Å². The van der Waals surface area contributed by atoms with Crippen molar-refractivity contribution in [2.24, 2.45) is 0 Å². The molecule has 14 aromatic carbocycles. The average molecular weight is 1150 g/mol. The normalized spacial score (nSPS) is 13.5. The summed E-state index contributed by atoms with van der Waals surface area (Å²) >= 11 is 0. The zero-order valence-corrected chi connectivity index (χ0v) is 49.4. The number of nitrogens with zero attached hydrogens (tertiary/aromatic N) is 2. The van der Waals surface area contributed by atoms with Crippen LogP contribution in [0.1, 0.15) is 22.3 Å². The van der Waals surface area contributed by atoms with Crippen LogP contribution in [-0.4, -0.2) is 22.6 Å². The van der Waals surface area contributed by atoms with Gasteiger partial charge in [0.15, 0.2) is 0 Å². The topological polar surface area (TPSA) is 28.3 Å². The molecule has 2 aromatic heterocycles. The van der Waals surface area contributed by atoms with Crippen LogP contribution in [-0.2, 0) is 5.41 Å². The van der Waals surface area contributed by atoms with E-state index in [-0.39, 0.29) is 13.4 Å². The van der Waals surface area contributed by atoms with E-state index in [0.717, 1.165) is 101 Å². The second-order valence-corrected chi connectivity index (χ2v) is 24.9. The number of hydrogen-bond acceptors (Lipinski definition) is 2. The van der Waals surface area contributed by atoms with Gasteiger partial charge in [-0.15, -0.1) is 0 Å². The zero-order chi connectivity index (χ0) is 59.5. The van der Waals surface area contributed by atoms with Crippen LogP contribution >= 0.6 is 0 Å². The van der Waals surface area contributed by atoms with E-state index in [1.54, 1.807) is 0 Å². The first-order valence-electron chi connectivity index (χ1n) is 31.6. The third-order valence-electron chi connectivity index (χ3n) is 20.4. The van der Waals surface area contributed by atoms with Crippen LogP contribution in [0.25, 0.3) is 99.5 Å². The van der Waals surface area contributed by atoms with Gasteiger partial charge in [0, 0.05) is 44.0 Å². The summed E-state index contributed by atoms with van der Waals surface area (Å²) < 4.78 is 19.9. The van der Waals surface area contributed by atoms with Gasteiger partial charge >= 0.3 is 0 Å². The minimum absolute atomic E-state index is 0.0563. The van der Waals surface area contributed by atoms with Crippen molar-refractivity contribution < 1.29 is 9.47 Å². The molecule has 0 unspecified atom stereocenters. The molecule has 0 N–H and O–H groups in total. The Labute approximate surface area is 527 Å². The van der Waals surface area contributed by atoms with Crippen LogP contribution in [0, 0.1) is 0 Å². The minimum Gasteiger partial charge on any atom is -0.458 e. The molecule has 1 spiro atoms. The summed E-state index contributed by atoms with van der Waals surface area (Å²) in [5.41, 5.74) is 27.3. The lowest BCUT2D eigenvalue weighted by atomic mass is 9.35. The molecule has 420 valence electrons. The number of benzene rings is 14. The molecule has 0 amide bonds. The maximum atomic E-state index is 7.54. The van der Waals surface area contributed by atoms with E-state index in [4.69, 9.17) is 9.47 Å². The first kappa shape index (κ1) is 50.4. The third kappa shape index (κ3) is 7.07. The summed E-state index contributed by atoms with van der Waals surface area (Å²) in [4.78, 5) is 0. The Morgan fingerprint density at radius 3 is 1.07 bits per heavy atom. The van der Waals surface area contributed by atoms with Gasteiger partial charge in [-0.25, -0.2) is 0 Å². The second-order valence-electron chi connectivity index (χ2n) is 24.9. The van der Waals surface area contributed by atoms with Crippen molar-refractivity contribution in [3.05, 3.63) is 338 Å². The van der Waals surface area contributed by atoms with Crippen molar-refractivity contribution in [3.8, 4) is 78.9 Å². The first-order chi connectivity index (χ1) is 45.2. The molecule has 4 nitrogen and oxygen atoms in total. The van der Waals surface area contributed by atoms with Gasteiger partial charge in [-0.2, -0.15) is 0 Å². The number of rotatable bonds is 6. The standard InChI is InChI=1S/C85H52B2N2O2/c1-5-21-57(22-6-1)86-71-31-15-19-35-79(71)90-83-73(86)45-43-69-81(83)65-51-53(55-39-47-77-63(49-55)61-29-13-17-33-75(61)88(77)59-25-9-3-10-26-59)37-41-67(65)85(69)68-42-38-54(56-40-48-78-64(50-56)62-30-14-18-34-76(62)89(78)60-27-11-4-12-28-60)52-66(68)82-70(85)44-46-74-84(82)91-80-36-20-16-32-72(80)87(74)58-23-7-2-8-24-58/h1-52H. The fourth-order valence-electron chi connectivity index (χ4n) is 16.6. The SMILES string of the molecule is c1ccc(B2c3ccccc3Oc3c2ccc2c3-c3cc(-c4ccc5c(c4)c4ccccc4n5-c4ccccc4)ccc3C23c2ccc(-c4ccc5c(c4)c4ccccc4n5-c4ccccc4)cc2-c2c3ccc3c2Oc2ccccc2B3c2ccccc2)cc1. The molecule has 91 heavy (non-hydrogen) atoms. The predicted molar refractivity (Wildman–Crippen MR) is 378 cm³/mol. The smallest absolute Gasteiger partial charge is 0.250 e. The molecular weight excluding hydrogens is 1100 g/mol. The molecule has 6 heteroatoms. The van der Waals surface area contributed by atoms with Crippen molar-refractivity contribution in [2.75, 3.05) is 0 Å². The molecular formula is C85H52B2N2O2. The molecule has 0 fully saturated rings. The van der Waals surface area contributed by atoms with Gasteiger partial charge in [-0.1, -0.05) is 241 Å². The number of aromatic nitrogens is 2. The summed E-state index contributed by atoms with van der Waals surface area (Å²) in [7, 11) is 0. The minimum atomic E-state index is -0.790. The first-order valence-corrected chi connectivity index (χ1v) is 31.6. The fraction of sp³-hybridized carbons (Fsp3) is 0.0118. The molecule has 4 heterocycles. The number of fused-ring (bicyclic) bond motifs is 22. The molecule has 0 saturated heterocycles. The van der Waals surface area contributed by atoms with E-state index in [1.165, 1.54) is 76.8 Å². The van der Waals surface area contributed by atoms with Crippen molar-refractivity contribution in [2.45, 2.75) is 5.41 Å². The summed E-state index contributed by atoms with van der Waals surface area (Å²) in [5, 5.41) is 4.88. The highest BCUT2D eigenvalue weighted by molar-refractivity contribution is 6.97. The maximum absolute atomic E-state index is 7.54.